The highest BCUT2D eigenvalue weighted by Gasteiger charge is 2.28. The Balaban J connectivity index is 1.85. The first-order chi connectivity index (χ1) is 13.3. The highest BCUT2D eigenvalue weighted by molar-refractivity contribution is 6.37. The van der Waals surface area contributed by atoms with Crippen LogP contribution in [0.25, 0.3) is 0 Å². The summed E-state index contributed by atoms with van der Waals surface area (Å²) in [5.41, 5.74) is 0.581. The molecule has 3 rings (SSSR count). The van der Waals surface area contributed by atoms with Gasteiger partial charge in [-0.05, 0) is 38.1 Å². The summed E-state index contributed by atoms with van der Waals surface area (Å²) in [5, 5.41) is 2.49. The SMILES string of the molecule is CC1CN(C(=O)c2ccccc2NC(=O)c2cc(F)c(Cl)cc2Cl)CC(C)O1. The molecule has 2 aromatic carbocycles. The summed E-state index contributed by atoms with van der Waals surface area (Å²) >= 11 is 11.7. The van der Waals surface area contributed by atoms with Crippen molar-refractivity contribution in [2.24, 2.45) is 0 Å². The van der Waals surface area contributed by atoms with Crippen LogP contribution < -0.4 is 5.32 Å². The second-order valence-corrected chi connectivity index (χ2v) is 7.53. The Morgan fingerprint density at radius 1 is 1.07 bits per heavy atom. The average molecular weight is 425 g/mol. The monoisotopic (exact) mass is 424 g/mol. The number of carbonyl (C=O) groups excluding carboxylic acids is 2. The predicted molar refractivity (Wildman–Crippen MR) is 107 cm³/mol. The molecule has 2 amide bonds. The number of halogens is 3. The second-order valence-electron chi connectivity index (χ2n) is 6.71. The Morgan fingerprint density at radius 3 is 2.39 bits per heavy atom. The third kappa shape index (κ3) is 4.46. The van der Waals surface area contributed by atoms with E-state index >= 15 is 0 Å². The van der Waals surface area contributed by atoms with Crippen LogP contribution in [0.15, 0.2) is 36.4 Å². The first-order valence-corrected chi connectivity index (χ1v) is 9.51. The van der Waals surface area contributed by atoms with Crippen molar-refractivity contribution in [2.45, 2.75) is 26.1 Å². The van der Waals surface area contributed by atoms with Crippen LogP contribution in [-0.4, -0.2) is 42.0 Å². The Labute approximate surface area is 172 Å². The van der Waals surface area contributed by atoms with Crippen molar-refractivity contribution < 1.29 is 18.7 Å². The molecule has 1 N–H and O–H groups in total. The summed E-state index contributed by atoms with van der Waals surface area (Å²) in [6, 6.07) is 8.79. The van der Waals surface area contributed by atoms with Gasteiger partial charge in [0.25, 0.3) is 11.8 Å². The number of carbonyl (C=O) groups is 2. The molecule has 2 atom stereocenters. The van der Waals surface area contributed by atoms with Crippen LogP contribution in [0.4, 0.5) is 10.1 Å². The molecular weight excluding hydrogens is 406 g/mol. The maximum absolute atomic E-state index is 13.7. The van der Waals surface area contributed by atoms with E-state index in [-0.39, 0.29) is 33.7 Å². The van der Waals surface area contributed by atoms with Crippen molar-refractivity contribution in [1.29, 1.82) is 0 Å². The lowest BCUT2D eigenvalue weighted by Crippen LogP contribution is -2.48. The van der Waals surface area contributed by atoms with Gasteiger partial charge in [0.1, 0.15) is 5.82 Å². The van der Waals surface area contributed by atoms with Crippen LogP contribution in [0.3, 0.4) is 0 Å². The fourth-order valence-electron chi connectivity index (χ4n) is 3.18. The predicted octanol–water partition coefficient (Wildman–Crippen LogP) is 4.63. The van der Waals surface area contributed by atoms with Crippen LogP contribution in [0.1, 0.15) is 34.6 Å². The van der Waals surface area contributed by atoms with Crippen LogP contribution in [-0.2, 0) is 4.74 Å². The quantitative estimate of drug-likeness (QED) is 0.730. The molecule has 1 fully saturated rings. The van der Waals surface area contributed by atoms with Crippen molar-refractivity contribution in [3.8, 4) is 0 Å². The van der Waals surface area contributed by atoms with Gasteiger partial charge >= 0.3 is 0 Å². The number of rotatable bonds is 3. The van der Waals surface area contributed by atoms with Gasteiger partial charge in [0.2, 0.25) is 0 Å². The molecule has 1 saturated heterocycles. The van der Waals surface area contributed by atoms with E-state index in [1.54, 1.807) is 29.2 Å². The van der Waals surface area contributed by atoms with Crippen LogP contribution in [0.2, 0.25) is 10.0 Å². The highest BCUT2D eigenvalue weighted by atomic mass is 35.5. The first kappa shape index (κ1) is 20.6. The van der Waals surface area contributed by atoms with E-state index in [0.717, 1.165) is 6.07 Å². The molecule has 0 bridgehead atoms. The number of nitrogens with zero attached hydrogens (tertiary/aromatic N) is 1. The zero-order valence-corrected chi connectivity index (χ0v) is 16.9. The fourth-order valence-corrected chi connectivity index (χ4v) is 3.65. The lowest BCUT2D eigenvalue weighted by molar-refractivity contribution is -0.0585. The largest absolute Gasteiger partial charge is 0.372 e. The summed E-state index contributed by atoms with van der Waals surface area (Å²) in [5.74, 6) is -1.60. The smallest absolute Gasteiger partial charge is 0.257 e. The molecule has 5 nitrogen and oxygen atoms in total. The van der Waals surface area contributed by atoms with Gasteiger partial charge in [-0.25, -0.2) is 4.39 Å². The Morgan fingerprint density at radius 2 is 1.71 bits per heavy atom. The minimum absolute atomic E-state index is 0.0172. The molecule has 0 aliphatic carbocycles. The van der Waals surface area contributed by atoms with E-state index in [0.29, 0.717) is 24.3 Å². The summed E-state index contributed by atoms with van der Waals surface area (Å²) in [4.78, 5) is 27.3. The normalized spacial score (nSPS) is 19.4. The molecule has 28 heavy (non-hydrogen) atoms. The third-order valence-electron chi connectivity index (χ3n) is 4.37. The zero-order valence-electron chi connectivity index (χ0n) is 15.3. The number of para-hydroxylation sites is 1. The van der Waals surface area contributed by atoms with E-state index < -0.39 is 11.7 Å². The maximum Gasteiger partial charge on any atom is 0.257 e. The van der Waals surface area contributed by atoms with E-state index in [4.69, 9.17) is 27.9 Å². The minimum Gasteiger partial charge on any atom is -0.372 e. The van der Waals surface area contributed by atoms with Gasteiger partial charge in [0, 0.05) is 13.1 Å². The lowest BCUT2D eigenvalue weighted by atomic mass is 10.1. The summed E-state index contributed by atoms with van der Waals surface area (Å²) in [6.45, 7) is 4.72. The summed E-state index contributed by atoms with van der Waals surface area (Å²) < 4.78 is 19.4. The van der Waals surface area contributed by atoms with Gasteiger partial charge in [0.05, 0.1) is 39.1 Å². The van der Waals surface area contributed by atoms with Crippen molar-refractivity contribution >= 4 is 40.7 Å². The van der Waals surface area contributed by atoms with Crippen LogP contribution in [0.5, 0.6) is 0 Å². The van der Waals surface area contributed by atoms with Crippen LogP contribution in [0, 0.1) is 5.82 Å². The minimum atomic E-state index is -0.753. The van der Waals surface area contributed by atoms with Crippen molar-refractivity contribution in [2.75, 3.05) is 18.4 Å². The number of morpholine rings is 1. The van der Waals surface area contributed by atoms with Gasteiger partial charge in [0.15, 0.2) is 0 Å². The molecule has 0 aromatic heterocycles. The Bertz CT molecular complexity index is 912. The third-order valence-corrected chi connectivity index (χ3v) is 4.97. The molecule has 1 heterocycles. The van der Waals surface area contributed by atoms with E-state index in [1.165, 1.54) is 6.07 Å². The van der Waals surface area contributed by atoms with Crippen molar-refractivity contribution in [3.63, 3.8) is 0 Å². The summed E-state index contributed by atoms with van der Waals surface area (Å²) in [6.07, 6.45) is -0.157. The van der Waals surface area contributed by atoms with E-state index in [9.17, 15) is 14.0 Å². The summed E-state index contributed by atoms with van der Waals surface area (Å²) in [7, 11) is 0. The van der Waals surface area contributed by atoms with Crippen LogP contribution >= 0.6 is 23.2 Å². The Kier molecular flexibility index (Phi) is 6.23. The maximum atomic E-state index is 13.7. The van der Waals surface area contributed by atoms with Crippen molar-refractivity contribution in [3.05, 3.63) is 63.4 Å². The molecule has 8 heteroatoms. The molecule has 2 aromatic rings. The highest BCUT2D eigenvalue weighted by Crippen LogP contribution is 2.26. The standard InChI is InChI=1S/C20H19Cl2FN2O3/c1-11-9-25(10-12(2)28-11)20(27)13-5-3-4-6-18(13)24-19(26)14-7-17(23)16(22)8-15(14)21/h3-8,11-12H,9-10H2,1-2H3,(H,24,26). The number of ether oxygens (including phenoxy) is 1. The molecule has 0 spiro atoms. The number of anilines is 1. The number of hydrogen-bond donors (Lipinski definition) is 1. The van der Waals surface area contributed by atoms with Gasteiger partial charge in [-0.2, -0.15) is 0 Å². The Hall–Kier alpha value is -2.15. The molecule has 2 unspecified atom stereocenters. The molecule has 1 aliphatic heterocycles. The second kappa shape index (κ2) is 8.47. The fraction of sp³-hybridized carbons (Fsp3) is 0.300. The molecule has 1 aliphatic rings. The molecule has 148 valence electrons. The van der Waals surface area contributed by atoms with Gasteiger partial charge in [-0.3, -0.25) is 9.59 Å². The van der Waals surface area contributed by atoms with Gasteiger partial charge < -0.3 is 15.0 Å². The average Bonchev–Trinajstić information content (AvgIpc) is 2.63. The van der Waals surface area contributed by atoms with Gasteiger partial charge in [-0.1, -0.05) is 35.3 Å². The zero-order chi connectivity index (χ0) is 20.4. The number of amides is 2. The van der Waals surface area contributed by atoms with Gasteiger partial charge in [-0.15, -0.1) is 0 Å². The molecular formula is C20H19Cl2FN2O3. The number of benzene rings is 2. The van der Waals surface area contributed by atoms with E-state index in [2.05, 4.69) is 5.32 Å². The van der Waals surface area contributed by atoms with E-state index in [1.807, 2.05) is 13.8 Å². The molecule has 0 radical (unpaired) electrons. The van der Waals surface area contributed by atoms with Crippen molar-refractivity contribution in [1.82, 2.24) is 4.90 Å². The topological polar surface area (TPSA) is 58.6 Å². The molecule has 0 saturated carbocycles. The first-order valence-electron chi connectivity index (χ1n) is 8.76. The number of nitrogens with one attached hydrogen (secondary N) is 1. The lowest BCUT2D eigenvalue weighted by Gasteiger charge is -2.35. The number of hydrogen-bond acceptors (Lipinski definition) is 3.